The Bertz CT molecular complexity index is 465. The number of halogens is 9. The van der Waals surface area contributed by atoms with Crippen LogP contribution in [0.25, 0.3) is 0 Å². The molecule has 1 aromatic carbocycles. The molecule has 1 nitrogen and oxygen atoms in total. The van der Waals surface area contributed by atoms with Crippen LogP contribution in [0.15, 0.2) is 24.3 Å². The van der Waals surface area contributed by atoms with Gasteiger partial charge in [-0.15, -0.1) is 0 Å². The van der Waals surface area contributed by atoms with Crippen LogP contribution in [0.1, 0.15) is 5.56 Å². The van der Waals surface area contributed by atoms with E-state index < -0.39 is 31.0 Å². The van der Waals surface area contributed by atoms with Gasteiger partial charge in [0.15, 0.2) is 0 Å². The van der Waals surface area contributed by atoms with Gasteiger partial charge in [0.25, 0.3) is 0 Å². The first kappa shape index (κ1) is 18.0. The van der Waals surface area contributed by atoms with Crippen molar-refractivity contribution in [1.82, 2.24) is 0 Å². The Kier molecular flexibility index (Phi) is 5.09. The van der Waals surface area contributed by atoms with Crippen LogP contribution in [0.5, 0.6) is 0 Å². The van der Waals surface area contributed by atoms with Gasteiger partial charge >= 0.3 is 18.3 Å². The van der Waals surface area contributed by atoms with Gasteiger partial charge in [-0.2, -0.15) is 35.1 Å². The van der Waals surface area contributed by atoms with Gasteiger partial charge in [0.1, 0.15) is 0 Å². The summed E-state index contributed by atoms with van der Waals surface area (Å²) in [7, 11) is 0. The van der Waals surface area contributed by atoms with Crippen molar-refractivity contribution < 1.29 is 39.9 Å². The lowest BCUT2D eigenvalue weighted by molar-refractivity contribution is -0.369. The van der Waals surface area contributed by atoms with Gasteiger partial charge in [0, 0.05) is 5.02 Å². The van der Waals surface area contributed by atoms with Crippen LogP contribution in [-0.2, 0) is 11.3 Å². The number of rotatable bonds is 4. The van der Waals surface area contributed by atoms with Crippen LogP contribution >= 0.6 is 11.6 Å². The first-order valence-electron chi connectivity index (χ1n) is 5.23. The van der Waals surface area contributed by atoms with Crippen molar-refractivity contribution in [2.24, 2.45) is 0 Å². The molecule has 0 heterocycles. The second-order valence-corrected chi connectivity index (χ2v) is 4.42. The Morgan fingerprint density at radius 3 is 1.76 bits per heavy atom. The SMILES string of the molecule is FC(F)(F)C(OCc1ccc(Cl)cc1)C(F)(F)C(F)(F)F. The third-order valence-corrected chi connectivity index (χ3v) is 2.59. The summed E-state index contributed by atoms with van der Waals surface area (Å²) in [5, 5.41) is 0.215. The molecule has 0 aliphatic rings. The monoisotopic (exact) mass is 342 g/mol. The average Bonchev–Trinajstić information content (AvgIpc) is 2.28. The molecule has 0 fully saturated rings. The molecular weight excluding hydrogens is 336 g/mol. The first-order chi connectivity index (χ1) is 9.35. The van der Waals surface area contributed by atoms with E-state index in [4.69, 9.17) is 11.6 Å². The molecule has 1 rings (SSSR count). The molecular formula is C11H7ClF8O. The van der Waals surface area contributed by atoms with E-state index in [9.17, 15) is 35.1 Å². The average molecular weight is 343 g/mol. The van der Waals surface area contributed by atoms with Crippen molar-refractivity contribution in [1.29, 1.82) is 0 Å². The predicted molar refractivity (Wildman–Crippen MR) is 57.1 cm³/mol. The van der Waals surface area contributed by atoms with Crippen molar-refractivity contribution in [3.63, 3.8) is 0 Å². The Morgan fingerprint density at radius 1 is 0.905 bits per heavy atom. The largest absolute Gasteiger partial charge is 0.456 e. The van der Waals surface area contributed by atoms with Crippen molar-refractivity contribution >= 4 is 11.6 Å². The summed E-state index contributed by atoms with van der Waals surface area (Å²) in [5.74, 6) is -6.06. The van der Waals surface area contributed by atoms with E-state index in [1.807, 2.05) is 0 Å². The van der Waals surface area contributed by atoms with Gasteiger partial charge in [0.2, 0.25) is 6.10 Å². The number of hydrogen-bond donors (Lipinski definition) is 0. The van der Waals surface area contributed by atoms with Gasteiger partial charge in [-0.1, -0.05) is 23.7 Å². The summed E-state index contributed by atoms with van der Waals surface area (Å²) in [6.07, 6.45) is -16.6. The zero-order valence-electron chi connectivity index (χ0n) is 9.90. The second-order valence-electron chi connectivity index (χ2n) is 3.98. The van der Waals surface area contributed by atoms with E-state index in [0.29, 0.717) is 0 Å². The Balaban J connectivity index is 2.93. The van der Waals surface area contributed by atoms with Crippen LogP contribution in [0, 0.1) is 0 Å². The highest BCUT2D eigenvalue weighted by Crippen LogP contribution is 2.45. The Labute approximate surface area is 118 Å². The highest BCUT2D eigenvalue weighted by molar-refractivity contribution is 6.30. The summed E-state index contributed by atoms with van der Waals surface area (Å²) in [5.41, 5.74) is -0.0355. The van der Waals surface area contributed by atoms with Crippen molar-refractivity contribution in [3.8, 4) is 0 Å². The number of hydrogen-bond acceptors (Lipinski definition) is 1. The van der Waals surface area contributed by atoms with E-state index in [1.54, 1.807) is 0 Å². The smallest absolute Gasteiger partial charge is 0.358 e. The Hall–Kier alpha value is -1.09. The normalized spacial score (nSPS) is 15.1. The van der Waals surface area contributed by atoms with E-state index in [0.717, 1.165) is 12.1 Å². The molecule has 0 N–H and O–H groups in total. The molecule has 0 spiro atoms. The molecule has 1 unspecified atom stereocenters. The van der Waals surface area contributed by atoms with Gasteiger partial charge in [0.05, 0.1) is 6.61 Å². The van der Waals surface area contributed by atoms with Gasteiger partial charge in [-0.25, -0.2) is 0 Å². The zero-order valence-corrected chi connectivity index (χ0v) is 10.7. The quantitative estimate of drug-likeness (QED) is 0.701. The van der Waals surface area contributed by atoms with E-state index >= 15 is 0 Å². The van der Waals surface area contributed by atoms with E-state index in [1.165, 1.54) is 12.1 Å². The van der Waals surface area contributed by atoms with E-state index in [-0.39, 0.29) is 10.6 Å². The third-order valence-electron chi connectivity index (χ3n) is 2.33. The molecule has 0 aromatic heterocycles. The lowest BCUT2D eigenvalue weighted by Crippen LogP contribution is -2.55. The van der Waals surface area contributed by atoms with E-state index in [2.05, 4.69) is 4.74 Å². The van der Waals surface area contributed by atoms with Crippen LogP contribution in [-0.4, -0.2) is 24.4 Å². The lowest BCUT2D eigenvalue weighted by Gasteiger charge is -2.30. The van der Waals surface area contributed by atoms with Gasteiger partial charge < -0.3 is 4.74 Å². The molecule has 1 aromatic rings. The lowest BCUT2D eigenvalue weighted by atomic mass is 10.1. The molecule has 0 radical (unpaired) electrons. The topological polar surface area (TPSA) is 9.23 Å². The highest BCUT2D eigenvalue weighted by Gasteiger charge is 2.70. The van der Waals surface area contributed by atoms with Crippen LogP contribution < -0.4 is 0 Å². The molecule has 10 heteroatoms. The van der Waals surface area contributed by atoms with Gasteiger partial charge in [-0.05, 0) is 17.7 Å². The molecule has 0 amide bonds. The maximum Gasteiger partial charge on any atom is 0.456 e. The van der Waals surface area contributed by atoms with Crippen molar-refractivity contribution in [2.75, 3.05) is 0 Å². The molecule has 1 atom stereocenters. The summed E-state index contributed by atoms with van der Waals surface area (Å²) in [6.45, 7) is -1.08. The maximum absolute atomic E-state index is 12.9. The first-order valence-corrected chi connectivity index (χ1v) is 5.61. The number of alkyl halides is 8. The molecule has 0 aliphatic heterocycles. The van der Waals surface area contributed by atoms with Crippen molar-refractivity contribution in [3.05, 3.63) is 34.9 Å². The molecule has 0 aliphatic carbocycles. The maximum atomic E-state index is 12.9. The third kappa shape index (κ3) is 4.44. The molecule has 21 heavy (non-hydrogen) atoms. The molecule has 0 saturated carbocycles. The van der Waals surface area contributed by atoms with Crippen molar-refractivity contribution in [2.45, 2.75) is 31.0 Å². The predicted octanol–water partition coefficient (Wildman–Crippen LogP) is 4.99. The van der Waals surface area contributed by atoms with Crippen LogP contribution in [0.4, 0.5) is 35.1 Å². The standard InChI is InChI=1S/C11H7ClF8O/c12-7-3-1-6(2-4-7)5-21-8(10(15,16)17)9(13,14)11(18,19)20/h1-4,8H,5H2. The second kappa shape index (κ2) is 5.96. The minimum Gasteiger partial charge on any atom is -0.358 e. The summed E-state index contributed by atoms with van der Waals surface area (Å²) in [4.78, 5) is 0. The Morgan fingerprint density at radius 2 is 1.38 bits per heavy atom. The number of benzene rings is 1. The number of ether oxygens (including phenoxy) is 1. The fraction of sp³-hybridized carbons (Fsp3) is 0.455. The fourth-order valence-corrected chi connectivity index (χ4v) is 1.44. The summed E-state index contributed by atoms with van der Waals surface area (Å²) < 4.78 is 103. The molecule has 0 saturated heterocycles. The fourth-order valence-electron chi connectivity index (χ4n) is 1.31. The molecule has 0 bridgehead atoms. The molecule has 120 valence electrons. The van der Waals surface area contributed by atoms with Gasteiger partial charge in [-0.3, -0.25) is 0 Å². The minimum atomic E-state index is -6.38. The van der Waals surface area contributed by atoms with Crippen LogP contribution in [0.3, 0.4) is 0 Å². The highest BCUT2D eigenvalue weighted by atomic mass is 35.5. The summed E-state index contributed by atoms with van der Waals surface area (Å²) >= 11 is 5.49. The minimum absolute atomic E-state index is 0.0355. The zero-order chi connectivity index (χ0) is 16.5. The summed E-state index contributed by atoms with van der Waals surface area (Å²) in [6, 6.07) is 4.73. The van der Waals surface area contributed by atoms with Crippen LogP contribution in [0.2, 0.25) is 5.02 Å².